The van der Waals surface area contributed by atoms with Crippen molar-refractivity contribution in [3.63, 3.8) is 0 Å². The maximum absolute atomic E-state index is 12.8. The fourth-order valence-corrected chi connectivity index (χ4v) is 3.07. The Morgan fingerprint density at radius 3 is 2.27 bits per heavy atom. The lowest BCUT2D eigenvalue weighted by molar-refractivity contribution is -0.143. The Bertz CT molecular complexity index is 978. The molecule has 0 heterocycles. The van der Waals surface area contributed by atoms with Gasteiger partial charge in [0.05, 0.1) is 11.0 Å². The molecule has 0 spiro atoms. The molecular formula is C23H26O3. The van der Waals surface area contributed by atoms with E-state index < -0.39 is 11.0 Å². The minimum absolute atomic E-state index is 0.244. The molecule has 0 radical (unpaired) electrons. The molecule has 0 aromatic heterocycles. The fourth-order valence-electron chi connectivity index (χ4n) is 3.07. The second-order valence-electron chi connectivity index (χ2n) is 8.01. The monoisotopic (exact) mass is 350 g/mol. The summed E-state index contributed by atoms with van der Waals surface area (Å²) in [5.74, 6) is 0.321. The highest BCUT2D eigenvalue weighted by molar-refractivity contribution is 6.07. The Hall–Kier alpha value is -2.39. The number of aliphatic hydroxyl groups is 1. The summed E-state index contributed by atoms with van der Waals surface area (Å²) in [7, 11) is 0. The molecule has 1 N–H and O–H groups in total. The van der Waals surface area contributed by atoms with Crippen molar-refractivity contribution in [3.05, 3.63) is 54.1 Å². The van der Waals surface area contributed by atoms with Crippen LogP contribution < -0.4 is 4.74 Å². The van der Waals surface area contributed by atoms with E-state index in [0.717, 1.165) is 27.1 Å². The van der Waals surface area contributed by atoms with Crippen molar-refractivity contribution in [1.29, 1.82) is 0 Å². The standard InChI is InChI=1S/C23H26O3/c1-6-22(2,3)21(24)26-20-16-11-8-7-10-15(16)14-18-17(20)12-9-13-19(18)23(4,5)25/h7-14,25H,6H2,1-5H3. The Balaban J connectivity index is 2.33. The van der Waals surface area contributed by atoms with Crippen LogP contribution in [0.2, 0.25) is 0 Å². The largest absolute Gasteiger partial charge is 0.425 e. The molecule has 3 aromatic carbocycles. The molecule has 0 aliphatic rings. The van der Waals surface area contributed by atoms with Gasteiger partial charge in [-0.1, -0.05) is 49.4 Å². The molecule has 0 aliphatic heterocycles. The van der Waals surface area contributed by atoms with E-state index in [0.29, 0.717) is 12.2 Å². The van der Waals surface area contributed by atoms with E-state index in [-0.39, 0.29) is 5.97 Å². The Morgan fingerprint density at radius 1 is 0.962 bits per heavy atom. The van der Waals surface area contributed by atoms with Gasteiger partial charge in [-0.3, -0.25) is 4.79 Å². The van der Waals surface area contributed by atoms with Gasteiger partial charge in [0.15, 0.2) is 0 Å². The Kier molecular flexibility index (Phi) is 4.53. The van der Waals surface area contributed by atoms with Gasteiger partial charge in [0.2, 0.25) is 0 Å². The van der Waals surface area contributed by atoms with Gasteiger partial charge in [0, 0.05) is 10.8 Å². The molecule has 0 atom stereocenters. The van der Waals surface area contributed by atoms with Crippen LogP contribution >= 0.6 is 0 Å². The molecule has 0 amide bonds. The Labute approximate surface area is 154 Å². The van der Waals surface area contributed by atoms with Crippen molar-refractivity contribution in [1.82, 2.24) is 0 Å². The van der Waals surface area contributed by atoms with Gasteiger partial charge in [0.25, 0.3) is 0 Å². The lowest BCUT2D eigenvalue weighted by Crippen LogP contribution is -2.28. The number of carbonyl (C=O) groups is 1. The molecule has 0 unspecified atom stereocenters. The minimum atomic E-state index is -0.994. The number of ether oxygens (including phenoxy) is 1. The number of hydrogen-bond donors (Lipinski definition) is 1. The van der Waals surface area contributed by atoms with Gasteiger partial charge in [-0.15, -0.1) is 0 Å². The summed E-state index contributed by atoms with van der Waals surface area (Å²) < 4.78 is 5.94. The molecule has 0 bridgehead atoms. The zero-order valence-corrected chi connectivity index (χ0v) is 16.1. The molecule has 3 rings (SSSR count). The zero-order valence-electron chi connectivity index (χ0n) is 16.1. The van der Waals surface area contributed by atoms with Crippen LogP contribution in [0, 0.1) is 5.41 Å². The highest BCUT2D eigenvalue weighted by Gasteiger charge is 2.29. The first-order valence-electron chi connectivity index (χ1n) is 9.05. The third kappa shape index (κ3) is 3.19. The van der Waals surface area contributed by atoms with Crippen LogP contribution in [0.1, 0.15) is 46.6 Å². The normalized spacial score (nSPS) is 12.5. The van der Waals surface area contributed by atoms with E-state index in [1.807, 2.05) is 63.2 Å². The molecule has 3 aromatic rings. The van der Waals surface area contributed by atoms with Gasteiger partial charge in [-0.2, -0.15) is 0 Å². The number of benzene rings is 3. The maximum atomic E-state index is 12.8. The van der Waals surface area contributed by atoms with Gasteiger partial charge < -0.3 is 9.84 Å². The number of esters is 1. The van der Waals surface area contributed by atoms with Crippen molar-refractivity contribution in [2.75, 3.05) is 0 Å². The molecular weight excluding hydrogens is 324 g/mol. The number of rotatable bonds is 4. The van der Waals surface area contributed by atoms with Crippen molar-refractivity contribution in [3.8, 4) is 5.75 Å². The first kappa shape index (κ1) is 18.4. The number of carbonyl (C=O) groups excluding carboxylic acids is 1. The quantitative estimate of drug-likeness (QED) is 0.380. The van der Waals surface area contributed by atoms with E-state index in [1.54, 1.807) is 13.8 Å². The van der Waals surface area contributed by atoms with E-state index in [9.17, 15) is 9.90 Å². The van der Waals surface area contributed by atoms with Crippen molar-refractivity contribution in [2.24, 2.45) is 5.41 Å². The van der Waals surface area contributed by atoms with Crippen LogP contribution in [-0.2, 0) is 10.4 Å². The third-order valence-corrected chi connectivity index (χ3v) is 5.15. The SMILES string of the molecule is CCC(C)(C)C(=O)Oc1c2ccccc2cc2c(C(C)(C)O)cccc12. The molecule has 136 valence electrons. The molecule has 0 aliphatic carbocycles. The predicted molar refractivity (Wildman–Crippen MR) is 106 cm³/mol. The average Bonchev–Trinajstić information content (AvgIpc) is 2.60. The molecule has 0 saturated heterocycles. The summed E-state index contributed by atoms with van der Waals surface area (Å²) in [6.07, 6.45) is 0.698. The fraction of sp³-hybridized carbons (Fsp3) is 0.348. The average molecular weight is 350 g/mol. The topological polar surface area (TPSA) is 46.5 Å². The minimum Gasteiger partial charge on any atom is -0.425 e. The van der Waals surface area contributed by atoms with E-state index >= 15 is 0 Å². The van der Waals surface area contributed by atoms with E-state index in [4.69, 9.17) is 4.74 Å². The molecule has 26 heavy (non-hydrogen) atoms. The summed E-state index contributed by atoms with van der Waals surface area (Å²) in [5, 5.41) is 14.2. The first-order chi connectivity index (χ1) is 12.1. The van der Waals surface area contributed by atoms with Gasteiger partial charge in [-0.05, 0) is 56.5 Å². The van der Waals surface area contributed by atoms with Gasteiger partial charge in [0.1, 0.15) is 5.75 Å². The smallest absolute Gasteiger partial charge is 0.316 e. The number of hydrogen-bond acceptors (Lipinski definition) is 3. The summed E-state index contributed by atoms with van der Waals surface area (Å²) in [6, 6.07) is 15.7. The maximum Gasteiger partial charge on any atom is 0.316 e. The molecule has 3 heteroatoms. The highest BCUT2D eigenvalue weighted by atomic mass is 16.5. The summed E-state index contributed by atoms with van der Waals surface area (Å²) in [6.45, 7) is 9.30. The van der Waals surface area contributed by atoms with Gasteiger partial charge in [-0.25, -0.2) is 0 Å². The van der Waals surface area contributed by atoms with E-state index in [2.05, 4.69) is 6.07 Å². The summed E-state index contributed by atoms with van der Waals surface area (Å²) >= 11 is 0. The lowest BCUT2D eigenvalue weighted by Gasteiger charge is -2.24. The van der Waals surface area contributed by atoms with E-state index in [1.165, 1.54) is 0 Å². The predicted octanol–water partition coefficient (Wildman–Crippen LogP) is 5.56. The van der Waals surface area contributed by atoms with Gasteiger partial charge >= 0.3 is 5.97 Å². The molecule has 3 nitrogen and oxygen atoms in total. The van der Waals surface area contributed by atoms with Crippen molar-refractivity contribution in [2.45, 2.75) is 46.6 Å². The van der Waals surface area contributed by atoms with Crippen LogP contribution in [0.3, 0.4) is 0 Å². The third-order valence-electron chi connectivity index (χ3n) is 5.15. The summed E-state index contributed by atoms with van der Waals surface area (Å²) in [5.41, 5.74) is -0.740. The molecule has 0 saturated carbocycles. The number of fused-ring (bicyclic) bond motifs is 2. The van der Waals surface area contributed by atoms with Crippen LogP contribution in [0.15, 0.2) is 48.5 Å². The van der Waals surface area contributed by atoms with Crippen LogP contribution in [-0.4, -0.2) is 11.1 Å². The van der Waals surface area contributed by atoms with Crippen LogP contribution in [0.25, 0.3) is 21.5 Å². The second-order valence-corrected chi connectivity index (χ2v) is 8.01. The second kappa shape index (κ2) is 6.40. The van der Waals surface area contributed by atoms with Crippen molar-refractivity contribution >= 4 is 27.5 Å². The zero-order chi connectivity index (χ0) is 19.1. The Morgan fingerprint density at radius 2 is 1.62 bits per heavy atom. The van der Waals surface area contributed by atoms with Crippen LogP contribution in [0.4, 0.5) is 0 Å². The highest BCUT2D eigenvalue weighted by Crippen LogP contribution is 2.40. The lowest BCUT2D eigenvalue weighted by atomic mass is 9.89. The molecule has 0 fully saturated rings. The summed E-state index contributed by atoms with van der Waals surface area (Å²) in [4.78, 5) is 12.8. The first-order valence-corrected chi connectivity index (χ1v) is 9.05. The van der Waals surface area contributed by atoms with Crippen molar-refractivity contribution < 1.29 is 14.6 Å². The van der Waals surface area contributed by atoms with Crippen LogP contribution in [0.5, 0.6) is 5.75 Å².